The lowest BCUT2D eigenvalue weighted by atomic mass is 9.84. The summed E-state index contributed by atoms with van der Waals surface area (Å²) in [4.78, 5) is 22.6. The molecule has 2 heterocycles. The number of hydrogen-bond acceptors (Lipinski definition) is 5. The number of alkyl halides is 1. The van der Waals surface area contributed by atoms with E-state index in [-0.39, 0.29) is 49.1 Å². The molecule has 2 N–H and O–H groups in total. The molecule has 1 aromatic heterocycles. The predicted octanol–water partition coefficient (Wildman–Crippen LogP) is 5.89. The van der Waals surface area contributed by atoms with Crippen LogP contribution >= 0.6 is 0 Å². The first-order chi connectivity index (χ1) is 20.3. The third-order valence-corrected chi connectivity index (χ3v) is 7.54. The van der Waals surface area contributed by atoms with Crippen LogP contribution in [0.2, 0.25) is 0 Å². The van der Waals surface area contributed by atoms with E-state index in [9.17, 15) is 18.0 Å². The molecule has 0 saturated carbocycles. The van der Waals surface area contributed by atoms with E-state index in [0.717, 1.165) is 29.3 Å². The molecule has 1 aliphatic heterocycles. The first-order valence-electron chi connectivity index (χ1n) is 14.7. The molecule has 43 heavy (non-hydrogen) atoms. The van der Waals surface area contributed by atoms with Crippen molar-refractivity contribution in [2.75, 3.05) is 26.3 Å². The minimum absolute atomic E-state index is 0.00961. The summed E-state index contributed by atoms with van der Waals surface area (Å²) >= 11 is 0. The fraction of sp³-hybridized carbons (Fsp3) is 0.531. The third kappa shape index (κ3) is 7.94. The molecule has 2 amide bonds. The van der Waals surface area contributed by atoms with Crippen molar-refractivity contribution in [2.45, 2.75) is 78.8 Å². The quantitative estimate of drug-likeness (QED) is 0.331. The molecule has 4 rings (SSSR count). The van der Waals surface area contributed by atoms with Gasteiger partial charge < -0.3 is 20.3 Å². The van der Waals surface area contributed by atoms with Crippen LogP contribution in [0.5, 0.6) is 0 Å². The Morgan fingerprint density at radius 1 is 1.14 bits per heavy atom. The van der Waals surface area contributed by atoms with Crippen molar-refractivity contribution in [2.24, 2.45) is 11.1 Å². The van der Waals surface area contributed by atoms with Crippen molar-refractivity contribution in [1.82, 2.24) is 24.6 Å². The molecule has 4 atom stereocenters. The van der Waals surface area contributed by atoms with Gasteiger partial charge in [-0.1, -0.05) is 50.6 Å². The number of amides is 2. The largest absolute Gasteiger partial charge is 0.372 e. The Balaban J connectivity index is 1.87. The summed E-state index contributed by atoms with van der Waals surface area (Å²) in [6, 6.07) is 9.35. The van der Waals surface area contributed by atoms with Gasteiger partial charge in [0.15, 0.2) is 11.6 Å². The van der Waals surface area contributed by atoms with E-state index in [2.05, 4.69) is 5.10 Å². The average Bonchev–Trinajstić information content (AvgIpc) is 3.32. The molecule has 0 aliphatic carbocycles. The van der Waals surface area contributed by atoms with Crippen molar-refractivity contribution in [3.05, 3.63) is 71.1 Å². The zero-order valence-corrected chi connectivity index (χ0v) is 25.9. The highest BCUT2D eigenvalue weighted by molar-refractivity contribution is 5.75. The molecule has 1 saturated heterocycles. The number of nitrogens with zero attached hydrogens (tertiary/aromatic N) is 5. The zero-order chi connectivity index (χ0) is 31.5. The fourth-order valence-electron chi connectivity index (χ4n) is 5.67. The highest BCUT2D eigenvalue weighted by Crippen LogP contribution is 2.39. The number of carbonyl (C=O) groups is 1. The third-order valence-electron chi connectivity index (χ3n) is 7.54. The first kappa shape index (κ1) is 32.5. The van der Waals surface area contributed by atoms with E-state index < -0.39 is 35.8 Å². The van der Waals surface area contributed by atoms with Gasteiger partial charge in [0.2, 0.25) is 0 Å². The summed E-state index contributed by atoms with van der Waals surface area (Å²) in [6.45, 7) is 12.2. The summed E-state index contributed by atoms with van der Waals surface area (Å²) in [5.74, 6) is -0.862. The normalized spacial score (nSPS) is 18.9. The van der Waals surface area contributed by atoms with Crippen LogP contribution in [0.1, 0.15) is 64.0 Å². The highest BCUT2D eigenvalue weighted by atomic mass is 19.1. The standard InChI is InChI=1S/C32H43F3N6O2/c1-20-8-7-9-23(14-20)19-41-30(37-29(38-41)26-15-24(34)10-11-27(26)35)28(32(4,5)6)40(13-12-25(36)16-33)31(42)39-17-21(2)43-22(3)18-39/h7-11,14-15,21-22,25,28H,12-13,16-19,36H2,1-6H3/t21-,22+,25-,28?/m0/s1. The summed E-state index contributed by atoms with van der Waals surface area (Å²) in [5, 5.41) is 4.67. The molecule has 11 heteroatoms. The number of aromatic nitrogens is 3. The second-order valence-electron chi connectivity index (χ2n) is 12.7. The van der Waals surface area contributed by atoms with Gasteiger partial charge >= 0.3 is 6.03 Å². The van der Waals surface area contributed by atoms with Gasteiger partial charge in [0.25, 0.3) is 0 Å². The molecule has 3 aromatic rings. The molecule has 2 aromatic carbocycles. The van der Waals surface area contributed by atoms with Crippen molar-refractivity contribution < 1.29 is 22.7 Å². The van der Waals surface area contributed by atoms with Gasteiger partial charge in [0, 0.05) is 25.7 Å². The van der Waals surface area contributed by atoms with Crippen molar-refractivity contribution in [3.63, 3.8) is 0 Å². The van der Waals surface area contributed by atoms with Crippen LogP contribution in [0.3, 0.4) is 0 Å². The molecule has 0 bridgehead atoms. The number of benzene rings is 2. The Bertz CT molecular complexity index is 1400. The van der Waals surface area contributed by atoms with Gasteiger partial charge in [-0.3, -0.25) is 0 Å². The average molecular weight is 601 g/mol. The van der Waals surface area contributed by atoms with Crippen LogP contribution in [0.15, 0.2) is 42.5 Å². The number of rotatable bonds is 9. The van der Waals surface area contributed by atoms with E-state index in [4.69, 9.17) is 15.5 Å². The monoisotopic (exact) mass is 600 g/mol. The van der Waals surface area contributed by atoms with E-state index in [1.54, 1.807) is 14.5 Å². The lowest BCUT2D eigenvalue weighted by molar-refractivity contribution is -0.0613. The van der Waals surface area contributed by atoms with Crippen LogP contribution < -0.4 is 5.73 Å². The van der Waals surface area contributed by atoms with E-state index in [0.29, 0.717) is 18.9 Å². The van der Waals surface area contributed by atoms with E-state index in [1.165, 1.54) is 0 Å². The fourth-order valence-corrected chi connectivity index (χ4v) is 5.67. The number of morpholine rings is 1. The highest BCUT2D eigenvalue weighted by Gasteiger charge is 2.41. The minimum atomic E-state index is -0.749. The number of nitrogens with two attached hydrogens (primary N) is 1. The van der Waals surface area contributed by atoms with Gasteiger partial charge in [-0.25, -0.2) is 27.6 Å². The Labute approximate surface area is 252 Å². The predicted molar refractivity (Wildman–Crippen MR) is 160 cm³/mol. The lowest BCUT2D eigenvalue weighted by Crippen LogP contribution is -2.55. The first-order valence-corrected chi connectivity index (χ1v) is 14.7. The summed E-state index contributed by atoms with van der Waals surface area (Å²) < 4.78 is 50.3. The van der Waals surface area contributed by atoms with Crippen LogP contribution in [0, 0.1) is 24.0 Å². The maximum absolute atomic E-state index is 15.0. The summed E-state index contributed by atoms with van der Waals surface area (Å²) in [6.07, 6.45) is -0.103. The molecule has 1 unspecified atom stereocenters. The number of halogens is 3. The topological polar surface area (TPSA) is 89.5 Å². The number of aryl methyl sites for hydroxylation is 1. The van der Waals surface area contributed by atoms with Crippen LogP contribution in [-0.4, -0.2) is 75.2 Å². The van der Waals surface area contributed by atoms with Crippen molar-refractivity contribution in [1.29, 1.82) is 0 Å². The Morgan fingerprint density at radius 2 is 1.84 bits per heavy atom. The van der Waals surface area contributed by atoms with Crippen LogP contribution in [0.25, 0.3) is 11.4 Å². The number of hydrogen-bond donors (Lipinski definition) is 1. The maximum atomic E-state index is 15.0. The van der Waals surface area contributed by atoms with Gasteiger partial charge in [-0.15, -0.1) is 0 Å². The minimum Gasteiger partial charge on any atom is -0.372 e. The Hall–Kier alpha value is -3.44. The number of carbonyl (C=O) groups excluding carboxylic acids is 1. The molecule has 1 aliphatic rings. The SMILES string of the molecule is Cc1cccc(Cn2nc(-c3cc(F)ccc3F)nc2C(N(CC[C@H](N)CF)C(=O)N2C[C@@H](C)O[C@@H](C)C2)C(C)(C)C)c1. The Kier molecular flexibility index (Phi) is 10.2. The number of urea groups is 1. The molecule has 0 radical (unpaired) electrons. The lowest BCUT2D eigenvalue weighted by Gasteiger charge is -2.44. The smallest absolute Gasteiger partial charge is 0.320 e. The second-order valence-corrected chi connectivity index (χ2v) is 12.7. The maximum Gasteiger partial charge on any atom is 0.320 e. The zero-order valence-electron chi connectivity index (χ0n) is 25.9. The molecule has 0 spiro atoms. The van der Waals surface area contributed by atoms with Gasteiger partial charge in [0.1, 0.15) is 18.3 Å². The van der Waals surface area contributed by atoms with E-state index >= 15 is 0 Å². The molecular weight excluding hydrogens is 557 g/mol. The van der Waals surface area contributed by atoms with Crippen LogP contribution in [-0.2, 0) is 11.3 Å². The Morgan fingerprint density at radius 3 is 2.47 bits per heavy atom. The number of ether oxygens (including phenoxy) is 1. The van der Waals surface area contributed by atoms with Crippen molar-refractivity contribution >= 4 is 6.03 Å². The molecule has 1 fully saturated rings. The van der Waals surface area contributed by atoms with Gasteiger partial charge in [0.05, 0.1) is 30.4 Å². The summed E-state index contributed by atoms with van der Waals surface area (Å²) in [7, 11) is 0. The van der Waals surface area contributed by atoms with Gasteiger partial charge in [-0.2, -0.15) is 5.10 Å². The van der Waals surface area contributed by atoms with Crippen molar-refractivity contribution in [3.8, 4) is 11.4 Å². The van der Waals surface area contributed by atoms with Gasteiger partial charge in [-0.05, 0) is 56.4 Å². The molecule has 234 valence electrons. The van der Waals surface area contributed by atoms with E-state index in [1.807, 2.05) is 65.8 Å². The molecular formula is C32H43F3N6O2. The van der Waals surface area contributed by atoms with Crippen LogP contribution in [0.4, 0.5) is 18.0 Å². The second kappa shape index (κ2) is 13.5. The molecule has 8 nitrogen and oxygen atoms in total. The summed E-state index contributed by atoms with van der Waals surface area (Å²) in [5.41, 5.74) is 7.29.